The zero-order valence-corrected chi connectivity index (χ0v) is 11.0. The lowest BCUT2D eigenvalue weighted by Crippen LogP contribution is -2.42. The lowest BCUT2D eigenvalue weighted by Gasteiger charge is -2.27. The molecule has 0 aromatic carbocycles. The number of aliphatic hydroxyl groups excluding tert-OH is 1. The van der Waals surface area contributed by atoms with E-state index in [1.54, 1.807) is 0 Å². The number of rotatable bonds is 3. The van der Waals surface area contributed by atoms with Gasteiger partial charge in [0, 0.05) is 17.8 Å². The third-order valence-electron chi connectivity index (χ3n) is 3.86. The van der Waals surface area contributed by atoms with E-state index in [2.05, 4.69) is 17.1 Å². The van der Waals surface area contributed by atoms with E-state index < -0.39 is 0 Å². The van der Waals surface area contributed by atoms with Crippen LogP contribution in [0.15, 0.2) is 0 Å². The molecule has 0 amide bonds. The van der Waals surface area contributed by atoms with E-state index in [0.717, 1.165) is 18.2 Å². The van der Waals surface area contributed by atoms with Crippen LogP contribution >= 0.6 is 11.8 Å². The minimum atomic E-state index is -0.101. The monoisotopic (exact) mass is 243 g/mol. The summed E-state index contributed by atoms with van der Waals surface area (Å²) in [5.74, 6) is 1.33. The van der Waals surface area contributed by atoms with Crippen LogP contribution in [0.5, 0.6) is 0 Å². The maximum absolute atomic E-state index is 10.0. The molecule has 0 radical (unpaired) electrons. The van der Waals surface area contributed by atoms with E-state index in [0.29, 0.717) is 6.04 Å². The first-order valence-corrected chi connectivity index (χ1v) is 7.94. The molecule has 94 valence electrons. The van der Waals surface area contributed by atoms with Crippen LogP contribution in [0.4, 0.5) is 0 Å². The van der Waals surface area contributed by atoms with Gasteiger partial charge in [0.1, 0.15) is 0 Å². The van der Waals surface area contributed by atoms with Crippen molar-refractivity contribution in [3.8, 4) is 0 Å². The molecule has 2 aliphatic rings. The third kappa shape index (κ3) is 3.94. The fourth-order valence-corrected chi connectivity index (χ4v) is 4.03. The normalized spacial score (nSPS) is 36.9. The largest absolute Gasteiger partial charge is 0.392 e. The summed E-state index contributed by atoms with van der Waals surface area (Å²) in [4.78, 5) is 0. The van der Waals surface area contributed by atoms with Crippen molar-refractivity contribution >= 4 is 11.8 Å². The molecule has 3 atom stereocenters. The predicted molar refractivity (Wildman–Crippen MR) is 71.0 cm³/mol. The Labute approximate surface area is 104 Å². The molecule has 0 spiro atoms. The quantitative estimate of drug-likeness (QED) is 0.747. The first-order chi connectivity index (χ1) is 7.86. The molecule has 3 heteroatoms. The van der Waals surface area contributed by atoms with Crippen molar-refractivity contribution in [2.75, 3.05) is 12.3 Å². The zero-order valence-electron chi connectivity index (χ0n) is 10.2. The van der Waals surface area contributed by atoms with Crippen molar-refractivity contribution in [1.29, 1.82) is 0 Å². The Bertz CT molecular complexity index is 194. The molecule has 0 bridgehead atoms. The molecule has 2 rings (SSSR count). The van der Waals surface area contributed by atoms with Crippen molar-refractivity contribution in [2.24, 2.45) is 0 Å². The van der Waals surface area contributed by atoms with E-state index in [1.165, 1.54) is 50.7 Å². The van der Waals surface area contributed by atoms with Gasteiger partial charge in [-0.1, -0.05) is 25.7 Å². The molecule has 3 unspecified atom stereocenters. The van der Waals surface area contributed by atoms with Gasteiger partial charge in [0.15, 0.2) is 0 Å². The Hall–Kier alpha value is 0.270. The van der Waals surface area contributed by atoms with Gasteiger partial charge >= 0.3 is 0 Å². The van der Waals surface area contributed by atoms with Crippen LogP contribution in [-0.2, 0) is 0 Å². The summed E-state index contributed by atoms with van der Waals surface area (Å²) in [5.41, 5.74) is 0. The van der Waals surface area contributed by atoms with Crippen molar-refractivity contribution in [2.45, 2.75) is 68.8 Å². The van der Waals surface area contributed by atoms with Crippen LogP contribution in [0, 0.1) is 0 Å². The van der Waals surface area contributed by atoms with E-state index in [9.17, 15) is 5.11 Å². The standard InChI is InChI=1S/C13H25NOS/c15-13-8-3-1-2-7-12(13)14-10-11-6-4-5-9-16-11/h11-15H,1-10H2. The minimum Gasteiger partial charge on any atom is -0.392 e. The molecular weight excluding hydrogens is 218 g/mol. The molecule has 1 aliphatic carbocycles. The predicted octanol–water partition coefficient (Wildman–Crippen LogP) is 2.56. The van der Waals surface area contributed by atoms with Gasteiger partial charge in [-0.05, 0) is 31.4 Å². The van der Waals surface area contributed by atoms with Crippen LogP contribution in [0.3, 0.4) is 0 Å². The smallest absolute Gasteiger partial charge is 0.0693 e. The average Bonchev–Trinajstić information content (AvgIpc) is 2.53. The summed E-state index contributed by atoms with van der Waals surface area (Å²) in [6.45, 7) is 1.10. The summed E-state index contributed by atoms with van der Waals surface area (Å²) in [7, 11) is 0. The second-order valence-corrected chi connectivity index (χ2v) is 6.62. The van der Waals surface area contributed by atoms with Crippen molar-refractivity contribution < 1.29 is 5.11 Å². The Balaban J connectivity index is 1.70. The van der Waals surface area contributed by atoms with E-state index in [-0.39, 0.29) is 6.10 Å². The number of hydrogen-bond donors (Lipinski definition) is 2. The summed E-state index contributed by atoms with van der Waals surface area (Å²) in [5, 5.41) is 14.4. The highest BCUT2D eigenvalue weighted by Crippen LogP contribution is 2.25. The van der Waals surface area contributed by atoms with Gasteiger partial charge in [-0.25, -0.2) is 0 Å². The topological polar surface area (TPSA) is 32.3 Å². The molecule has 0 aromatic heterocycles. The SMILES string of the molecule is OC1CCCCCC1NCC1CCCCS1. The molecule has 2 nitrogen and oxygen atoms in total. The molecule has 0 aromatic rings. The van der Waals surface area contributed by atoms with Crippen LogP contribution in [0.25, 0.3) is 0 Å². The van der Waals surface area contributed by atoms with Gasteiger partial charge in [0.25, 0.3) is 0 Å². The molecule has 2 N–H and O–H groups in total. The highest BCUT2D eigenvalue weighted by atomic mass is 32.2. The Morgan fingerprint density at radius 1 is 1.00 bits per heavy atom. The van der Waals surface area contributed by atoms with E-state index >= 15 is 0 Å². The average molecular weight is 243 g/mol. The first-order valence-electron chi connectivity index (χ1n) is 6.89. The van der Waals surface area contributed by atoms with Gasteiger partial charge < -0.3 is 10.4 Å². The highest BCUT2D eigenvalue weighted by molar-refractivity contribution is 7.99. The lowest BCUT2D eigenvalue weighted by atomic mass is 10.1. The number of thioether (sulfide) groups is 1. The zero-order chi connectivity index (χ0) is 11.2. The lowest BCUT2D eigenvalue weighted by molar-refractivity contribution is 0.120. The third-order valence-corrected chi connectivity index (χ3v) is 5.26. The Kier molecular flexibility index (Phi) is 5.46. The number of aliphatic hydroxyl groups is 1. The van der Waals surface area contributed by atoms with Crippen LogP contribution in [0.2, 0.25) is 0 Å². The molecular formula is C13H25NOS. The number of nitrogens with one attached hydrogen (secondary N) is 1. The van der Waals surface area contributed by atoms with Crippen LogP contribution < -0.4 is 5.32 Å². The first kappa shape index (κ1) is 12.7. The number of hydrogen-bond acceptors (Lipinski definition) is 3. The van der Waals surface area contributed by atoms with Crippen LogP contribution in [-0.4, -0.2) is 34.8 Å². The van der Waals surface area contributed by atoms with E-state index in [1.807, 2.05) is 0 Å². The van der Waals surface area contributed by atoms with Gasteiger partial charge in [-0.2, -0.15) is 11.8 Å². The summed E-state index contributed by atoms with van der Waals surface area (Å²) >= 11 is 2.11. The minimum absolute atomic E-state index is 0.101. The van der Waals surface area contributed by atoms with Gasteiger partial charge in [0.05, 0.1) is 6.10 Å². The van der Waals surface area contributed by atoms with Gasteiger partial charge in [0.2, 0.25) is 0 Å². The van der Waals surface area contributed by atoms with Gasteiger partial charge in [-0.3, -0.25) is 0 Å². The maximum atomic E-state index is 10.0. The highest BCUT2D eigenvalue weighted by Gasteiger charge is 2.22. The molecule has 1 saturated heterocycles. The second-order valence-electron chi connectivity index (χ2n) is 5.21. The maximum Gasteiger partial charge on any atom is 0.0693 e. The summed E-state index contributed by atoms with van der Waals surface area (Å²) < 4.78 is 0. The molecule has 1 heterocycles. The fourth-order valence-electron chi connectivity index (χ4n) is 2.78. The van der Waals surface area contributed by atoms with Crippen molar-refractivity contribution in [3.63, 3.8) is 0 Å². The Morgan fingerprint density at radius 2 is 1.81 bits per heavy atom. The summed E-state index contributed by atoms with van der Waals surface area (Å²) in [6, 6.07) is 0.366. The van der Waals surface area contributed by atoms with Crippen LogP contribution in [0.1, 0.15) is 51.4 Å². The Morgan fingerprint density at radius 3 is 2.62 bits per heavy atom. The fraction of sp³-hybridized carbons (Fsp3) is 1.00. The second kappa shape index (κ2) is 6.87. The van der Waals surface area contributed by atoms with E-state index in [4.69, 9.17) is 0 Å². The molecule has 1 aliphatic heterocycles. The van der Waals surface area contributed by atoms with Crippen molar-refractivity contribution in [3.05, 3.63) is 0 Å². The van der Waals surface area contributed by atoms with Crippen molar-refractivity contribution in [1.82, 2.24) is 5.32 Å². The summed E-state index contributed by atoms with van der Waals surface area (Å²) in [6.07, 6.45) is 10.0. The molecule has 1 saturated carbocycles. The van der Waals surface area contributed by atoms with Gasteiger partial charge in [-0.15, -0.1) is 0 Å². The molecule has 16 heavy (non-hydrogen) atoms. The molecule has 2 fully saturated rings.